The number of thiophene rings is 1. The third-order valence-electron chi connectivity index (χ3n) is 4.70. The summed E-state index contributed by atoms with van der Waals surface area (Å²) in [5.41, 5.74) is 4.84. The number of anilines is 1. The number of imidazole rings is 1. The van der Waals surface area contributed by atoms with Crippen molar-refractivity contribution in [2.45, 2.75) is 0 Å². The van der Waals surface area contributed by atoms with Crippen LogP contribution in [0.4, 0.5) is 10.1 Å². The van der Waals surface area contributed by atoms with Gasteiger partial charge in [0.1, 0.15) is 12.1 Å². The van der Waals surface area contributed by atoms with Gasteiger partial charge in [-0.2, -0.15) is 0 Å². The van der Waals surface area contributed by atoms with Gasteiger partial charge in [-0.05, 0) is 30.3 Å². The molecule has 0 aliphatic carbocycles. The number of rotatable bonds is 3. The maximum Gasteiger partial charge on any atom is 0.236 e. The molecule has 0 bridgehead atoms. The van der Waals surface area contributed by atoms with Crippen LogP contribution in [-0.2, 0) is 0 Å². The Morgan fingerprint density at radius 3 is 2.71 bits per heavy atom. The first kappa shape index (κ1) is 16.8. The minimum absolute atomic E-state index is 0.259. The molecule has 3 aromatic heterocycles. The van der Waals surface area contributed by atoms with Crippen molar-refractivity contribution in [3.8, 4) is 17.2 Å². The van der Waals surface area contributed by atoms with E-state index in [0.29, 0.717) is 11.6 Å². The van der Waals surface area contributed by atoms with Gasteiger partial charge in [0.2, 0.25) is 5.95 Å². The molecule has 0 aliphatic heterocycles. The van der Waals surface area contributed by atoms with Crippen LogP contribution >= 0.6 is 11.3 Å². The van der Waals surface area contributed by atoms with Crippen molar-refractivity contribution in [1.29, 1.82) is 0 Å². The quantitative estimate of drug-likeness (QED) is 0.440. The molecular formula is C21H16FN5S. The van der Waals surface area contributed by atoms with Gasteiger partial charge in [-0.25, -0.2) is 19.3 Å². The molecule has 0 aliphatic rings. The summed E-state index contributed by atoms with van der Waals surface area (Å²) < 4.78 is 16.1. The van der Waals surface area contributed by atoms with E-state index >= 15 is 0 Å². The monoisotopic (exact) mass is 389 g/mol. The van der Waals surface area contributed by atoms with Gasteiger partial charge in [-0.15, -0.1) is 11.3 Å². The molecule has 138 valence electrons. The molecule has 7 heteroatoms. The van der Waals surface area contributed by atoms with E-state index in [4.69, 9.17) is 9.97 Å². The molecule has 0 saturated heterocycles. The standard InChI is InChI=1S/C21H16FN5S/c1-26(2)19-9-13(7-8-15(19)22)20-14-10-28-11-17(14)24-21(25-20)27-12-23-16-5-3-4-6-18(16)27/h3-12H,1-2H3. The molecular weight excluding hydrogens is 373 g/mol. The average molecular weight is 389 g/mol. The second-order valence-corrected chi connectivity index (χ2v) is 7.45. The Bertz CT molecular complexity index is 1320. The lowest BCUT2D eigenvalue weighted by atomic mass is 10.1. The van der Waals surface area contributed by atoms with E-state index in [-0.39, 0.29) is 5.82 Å². The minimum atomic E-state index is -0.259. The Hall–Kier alpha value is -3.32. The van der Waals surface area contributed by atoms with Crippen LogP contribution in [0.5, 0.6) is 0 Å². The smallest absolute Gasteiger partial charge is 0.236 e. The Kier molecular flexibility index (Phi) is 3.84. The Morgan fingerprint density at radius 2 is 1.86 bits per heavy atom. The summed E-state index contributed by atoms with van der Waals surface area (Å²) in [5, 5.41) is 4.98. The number of benzene rings is 2. The number of hydrogen-bond acceptors (Lipinski definition) is 5. The predicted molar refractivity (Wildman–Crippen MR) is 112 cm³/mol. The highest BCUT2D eigenvalue weighted by Crippen LogP contribution is 2.32. The second kappa shape index (κ2) is 6.38. The van der Waals surface area contributed by atoms with E-state index in [1.54, 1.807) is 28.6 Å². The first-order valence-electron chi connectivity index (χ1n) is 8.75. The summed E-state index contributed by atoms with van der Waals surface area (Å²) >= 11 is 1.57. The van der Waals surface area contributed by atoms with Crippen molar-refractivity contribution in [2.75, 3.05) is 19.0 Å². The van der Waals surface area contributed by atoms with Crippen LogP contribution in [0.15, 0.2) is 59.6 Å². The van der Waals surface area contributed by atoms with Crippen molar-refractivity contribution < 1.29 is 4.39 Å². The highest BCUT2D eigenvalue weighted by atomic mass is 32.1. The van der Waals surface area contributed by atoms with E-state index in [1.807, 2.05) is 59.8 Å². The zero-order chi connectivity index (χ0) is 19.3. The van der Waals surface area contributed by atoms with Crippen molar-refractivity contribution in [1.82, 2.24) is 19.5 Å². The van der Waals surface area contributed by atoms with E-state index in [9.17, 15) is 4.39 Å². The molecule has 0 spiro atoms. The van der Waals surface area contributed by atoms with Crippen LogP contribution in [-0.4, -0.2) is 33.6 Å². The number of nitrogens with zero attached hydrogens (tertiary/aromatic N) is 5. The van der Waals surface area contributed by atoms with E-state index in [1.165, 1.54) is 6.07 Å². The number of aromatic nitrogens is 4. The molecule has 0 fully saturated rings. The third kappa shape index (κ3) is 2.63. The molecule has 3 heterocycles. The molecule has 5 rings (SSSR count). The third-order valence-corrected chi connectivity index (χ3v) is 5.43. The lowest BCUT2D eigenvalue weighted by Crippen LogP contribution is -2.10. The van der Waals surface area contributed by atoms with Crippen molar-refractivity contribution in [2.24, 2.45) is 0 Å². The predicted octanol–water partition coefficient (Wildman–Crippen LogP) is 4.90. The Morgan fingerprint density at radius 1 is 1.00 bits per heavy atom. The topological polar surface area (TPSA) is 46.8 Å². The highest BCUT2D eigenvalue weighted by molar-refractivity contribution is 7.09. The molecule has 0 N–H and O–H groups in total. The molecule has 0 amide bonds. The maximum absolute atomic E-state index is 14.2. The highest BCUT2D eigenvalue weighted by Gasteiger charge is 2.15. The fourth-order valence-corrected chi connectivity index (χ4v) is 4.04. The zero-order valence-electron chi connectivity index (χ0n) is 15.3. The van der Waals surface area contributed by atoms with Crippen LogP contribution in [0.2, 0.25) is 0 Å². The van der Waals surface area contributed by atoms with Gasteiger partial charge in [-0.1, -0.05) is 12.1 Å². The summed E-state index contributed by atoms with van der Waals surface area (Å²) in [6.45, 7) is 0. The summed E-state index contributed by atoms with van der Waals surface area (Å²) in [7, 11) is 3.65. The molecule has 0 atom stereocenters. The second-order valence-electron chi connectivity index (χ2n) is 6.71. The fourth-order valence-electron chi connectivity index (χ4n) is 3.30. The number of halogens is 1. The van der Waals surface area contributed by atoms with Gasteiger partial charge in [0.05, 0.1) is 27.9 Å². The molecule has 5 aromatic rings. The lowest BCUT2D eigenvalue weighted by molar-refractivity contribution is 0.626. The SMILES string of the molecule is CN(C)c1cc(-c2nc(-n3cnc4ccccc43)nc3cscc23)ccc1F. The first-order chi connectivity index (χ1) is 13.6. The number of hydrogen-bond donors (Lipinski definition) is 0. The van der Waals surface area contributed by atoms with Crippen molar-refractivity contribution >= 4 is 39.0 Å². The minimum Gasteiger partial charge on any atom is -0.375 e. The van der Waals surface area contributed by atoms with Gasteiger partial charge in [0, 0.05) is 35.8 Å². The summed E-state index contributed by atoms with van der Waals surface area (Å²) in [6.07, 6.45) is 1.73. The van der Waals surface area contributed by atoms with Crippen molar-refractivity contribution in [3.63, 3.8) is 0 Å². The molecule has 0 radical (unpaired) electrons. The number of para-hydroxylation sites is 2. The van der Waals surface area contributed by atoms with Crippen LogP contribution in [0, 0.1) is 5.82 Å². The van der Waals surface area contributed by atoms with Gasteiger partial charge < -0.3 is 4.90 Å². The molecule has 2 aromatic carbocycles. The van der Waals surface area contributed by atoms with Crippen LogP contribution in [0.25, 0.3) is 39.1 Å². The summed E-state index contributed by atoms with van der Waals surface area (Å²) in [5.74, 6) is 0.288. The van der Waals surface area contributed by atoms with E-state index < -0.39 is 0 Å². The van der Waals surface area contributed by atoms with Crippen LogP contribution < -0.4 is 4.90 Å². The molecule has 28 heavy (non-hydrogen) atoms. The van der Waals surface area contributed by atoms with Gasteiger partial charge in [0.25, 0.3) is 0 Å². The summed E-state index contributed by atoms with van der Waals surface area (Å²) in [6, 6.07) is 12.9. The fraction of sp³-hybridized carbons (Fsp3) is 0.0952. The van der Waals surface area contributed by atoms with E-state index in [2.05, 4.69) is 4.98 Å². The number of fused-ring (bicyclic) bond motifs is 2. The largest absolute Gasteiger partial charge is 0.375 e. The Balaban J connectivity index is 1.76. The van der Waals surface area contributed by atoms with Gasteiger partial charge in [-0.3, -0.25) is 4.57 Å². The van der Waals surface area contributed by atoms with Crippen LogP contribution in [0.1, 0.15) is 0 Å². The zero-order valence-corrected chi connectivity index (χ0v) is 16.1. The maximum atomic E-state index is 14.2. The van der Waals surface area contributed by atoms with Gasteiger partial charge in [0.15, 0.2) is 0 Å². The van der Waals surface area contributed by atoms with Crippen molar-refractivity contribution in [3.05, 3.63) is 65.4 Å². The molecule has 0 unspecified atom stereocenters. The normalized spacial score (nSPS) is 11.4. The first-order valence-corrected chi connectivity index (χ1v) is 9.70. The molecule has 5 nitrogen and oxygen atoms in total. The van der Waals surface area contributed by atoms with Crippen LogP contribution in [0.3, 0.4) is 0 Å². The Labute approximate surface area is 164 Å². The summed E-state index contributed by atoms with van der Waals surface area (Å²) in [4.78, 5) is 15.8. The average Bonchev–Trinajstić information content (AvgIpc) is 3.34. The van der Waals surface area contributed by atoms with E-state index in [0.717, 1.165) is 33.2 Å². The molecule has 0 saturated carbocycles. The lowest BCUT2D eigenvalue weighted by Gasteiger charge is -2.15. The van der Waals surface area contributed by atoms with Gasteiger partial charge >= 0.3 is 0 Å².